The Kier molecular flexibility index (Phi) is 5.46. The number of hydrogen-bond acceptors (Lipinski definition) is 2. The first-order chi connectivity index (χ1) is 25.8. The minimum Gasteiger partial charge on any atom is -0.455 e. The third-order valence-corrected chi connectivity index (χ3v) is 11.7. The molecule has 0 fully saturated rings. The Labute approximate surface area is 300 Å². The molecule has 0 saturated carbocycles. The number of pyridine rings is 1. The molecule has 12 rings (SSSR count). The second kappa shape index (κ2) is 10.2. The van der Waals surface area contributed by atoms with Crippen LogP contribution in [-0.4, -0.2) is 4.98 Å². The van der Waals surface area contributed by atoms with Crippen LogP contribution in [0.2, 0.25) is 0 Å². The van der Waals surface area contributed by atoms with Crippen molar-refractivity contribution in [2.24, 2.45) is 0 Å². The molecular formula is C50H29NO. The topological polar surface area (TPSA) is 26.0 Å². The van der Waals surface area contributed by atoms with Crippen LogP contribution in [0, 0.1) is 0 Å². The van der Waals surface area contributed by atoms with Crippen LogP contribution in [0.4, 0.5) is 0 Å². The molecule has 2 heterocycles. The van der Waals surface area contributed by atoms with Crippen molar-refractivity contribution < 1.29 is 4.42 Å². The molecule has 0 unspecified atom stereocenters. The van der Waals surface area contributed by atoms with Crippen LogP contribution >= 0.6 is 0 Å². The first kappa shape index (κ1) is 28.0. The first-order valence-corrected chi connectivity index (χ1v) is 18.0. The van der Waals surface area contributed by atoms with Crippen molar-refractivity contribution in [3.05, 3.63) is 198 Å². The maximum atomic E-state index is 6.51. The van der Waals surface area contributed by atoms with Gasteiger partial charge in [-0.05, 0) is 73.7 Å². The van der Waals surface area contributed by atoms with Crippen molar-refractivity contribution in [1.82, 2.24) is 4.98 Å². The van der Waals surface area contributed by atoms with Crippen LogP contribution < -0.4 is 0 Å². The van der Waals surface area contributed by atoms with Gasteiger partial charge < -0.3 is 4.42 Å². The lowest BCUT2D eigenvalue weighted by Gasteiger charge is -2.30. The molecule has 2 aliphatic rings. The fourth-order valence-corrected chi connectivity index (χ4v) is 9.65. The summed E-state index contributed by atoms with van der Waals surface area (Å²) in [7, 11) is 0. The largest absolute Gasteiger partial charge is 0.455 e. The summed E-state index contributed by atoms with van der Waals surface area (Å²) in [5, 5.41) is 5.84. The van der Waals surface area contributed by atoms with E-state index in [0.29, 0.717) is 0 Å². The van der Waals surface area contributed by atoms with Crippen molar-refractivity contribution in [2.45, 2.75) is 5.41 Å². The lowest BCUT2D eigenvalue weighted by Crippen LogP contribution is -2.25. The highest BCUT2D eigenvalue weighted by atomic mass is 16.3. The third kappa shape index (κ3) is 3.46. The van der Waals surface area contributed by atoms with Gasteiger partial charge in [-0.3, -0.25) is 0 Å². The van der Waals surface area contributed by atoms with Crippen LogP contribution in [0.5, 0.6) is 0 Å². The Bertz CT molecular complexity index is 3100. The highest BCUT2D eigenvalue weighted by molar-refractivity contribution is 6.19. The van der Waals surface area contributed by atoms with Gasteiger partial charge in [0.15, 0.2) is 0 Å². The molecule has 0 saturated heterocycles. The summed E-state index contributed by atoms with van der Waals surface area (Å²) in [6.45, 7) is 0. The fraction of sp³-hybridized carbons (Fsp3) is 0.0200. The minimum atomic E-state index is -0.422. The zero-order valence-electron chi connectivity index (χ0n) is 28.1. The van der Waals surface area contributed by atoms with Gasteiger partial charge in [-0.1, -0.05) is 158 Å². The lowest BCUT2D eigenvalue weighted by molar-refractivity contribution is 0.670. The number of nitrogens with zero attached hydrogens (tertiary/aromatic N) is 1. The third-order valence-electron chi connectivity index (χ3n) is 11.7. The molecule has 10 aromatic rings. The molecular weight excluding hydrogens is 631 g/mol. The molecule has 1 spiro atoms. The number of furan rings is 1. The molecule has 0 aliphatic heterocycles. The number of aromatic nitrogens is 1. The van der Waals surface area contributed by atoms with Crippen LogP contribution in [0.1, 0.15) is 22.3 Å². The van der Waals surface area contributed by atoms with Crippen LogP contribution in [0.3, 0.4) is 0 Å². The van der Waals surface area contributed by atoms with E-state index in [-0.39, 0.29) is 0 Å². The second-order valence-electron chi connectivity index (χ2n) is 14.1. The van der Waals surface area contributed by atoms with Gasteiger partial charge >= 0.3 is 0 Å². The van der Waals surface area contributed by atoms with E-state index in [0.717, 1.165) is 55.2 Å². The van der Waals surface area contributed by atoms with Crippen LogP contribution in [-0.2, 0) is 5.41 Å². The molecule has 0 radical (unpaired) electrons. The molecule has 240 valence electrons. The quantitative estimate of drug-likeness (QED) is 0.173. The number of fused-ring (bicyclic) bond motifs is 17. The number of benzene rings is 8. The van der Waals surface area contributed by atoms with Crippen molar-refractivity contribution in [2.75, 3.05) is 0 Å². The zero-order chi connectivity index (χ0) is 34.0. The van der Waals surface area contributed by atoms with Crippen molar-refractivity contribution in [3.8, 4) is 44.6 Å². The zero-order valence-corrected chi connectivity index (χ0v) is 28.1. The van der Waals surface area contributed by atoms with Crippen molar-refractivity contribution in [1.29, 1.82) is 0 Å². The normalized spacial score (nSPS) is 13.5. The van der Waals surface area contributed by atoms with Crippen LogP contribution in [0.25, 0.3) is 88.3 Å². The van der Waals surface area contributed by atoms with E-state index in [1.807, 2.05) is 12.1 Å². The number of rotatable bonds is 2. The average molecular weight is 660 g/mol. The Morgan fingerprint density at radius 1 is 0.404 bits per heavy atom. The SMILES string of the molecule is c1cc(-c2cccc3c2oc2ccccc23)cc(-c2nc3ccccc3c3ccc4c(c23)-c2ccccc2C42c3ccccc3-c3ccccc32)c1. The summed E-state index contributed by atoms with van der Waals surface area (Å²) >= 11 is 0. The summed E-state index contributed by atoms with van der Waals surface area (Å²) in [5.41, 5.74) is 17.2. The van der Waals surface area contributed by atoms with Crippen molar-refractivity contribution in [3.63, 3.8) is 0 Å². The average Bonchev–Trinajstić information content (AvgIpc) is 3.85. The summed E-state index contributed by atoms with van der Waals surface area (Å²) in [4.78, 5) is 5.54. The van der Waals surface area contributed by atoms with Gasteiger partial charge in [0.2, 0.25) is 0 Å². The van der Waals surface area contributed by atoms with Gasteiger partial charge in [0.05, 0.1) is 16.6 Å². The molecule has 0 amide bonds. The predicted octanol–water partition coefficient (Wildman–Crippen LogP) is 13.0. The smallest absolute Gasteiger partial charge is 0.143 e. The number of para-hydroxylation sites is 3. The minimum absolute atomic E-state index is 0.422. The van der Waals surface area contributed by atoms with E-state index < -0.39 is 5.41 Å². The monoisotopic (exact) mass is 659 g/mol. The Morgan fingerprint density at radius 2 is 1.00 bits per heavy atom. The van der Waals surface area contributed by atoms with Crippen LogP contribution in [0.15, 0.2) is 180 Å². The van der Waals surface area contributed by atoms with Gasteiger partial charge in [-0.25, -0.2) is 4.98 Å². The summed E-state index contributed by atoms with van der Waals surface area (Å²) in [6, 6.07) is 64.0. The van der Waals surface area contributed by atoms with E-state index in [1.165, 1.54) is 55.3 Å². The molecule has 0 N–H and O–H groups in total. The van der Waals surface area contributed by atoms with E-state index in [1.54, 1.807) is 0 Å². The standard InChI is InChI=1S/C50H29NO/c1-6-22-40-33(15-1)34-16-2-7-23-41(34)50(40)42-24-8-3-19-39(42)46-43(50)28-27-37-35-17-4-9-25-44(35)51-48(47(37)46)31-14-11-13-30(29-31)32-20-12-21-38-36-18-5-10-26-45(36)52-49(32)38/h1-29H. The Morgan fingerprint density at radius 3 is 1.81 bits per heavy atom. The van der Waals surface area contributed by atoms with Gasteiger partial charge in [-0.15, -0.1) is 0 Å². The molecule has 8 aromatic carbocycles. The van der Waals surface area contributed by atoms with E-state index in [9.17, 15) is 0 Å². The van der Waals surface area contributed by atoms with E-state index in [4.69, 9.17) is 9.40 Å². The Balaban J connectivity index is 1.19. The summed E-state index contributed by atoms with van der Waals surface area (Å²) in [5.74, 6) is 0. The maximum Gasteiger partial charge on any atom is 0.143 e. The number of hydrogen-bond donors (Lipinski definition) is 0. The maximum absolute atomic E-state index is 6.51. The Hall–Kier alpha value is -6.77. The molecule has 0 bridgehead atoms. The molecule has 2 nitrogen and oxygen atoms in total. The molecule has 2 aliphatic carbocycles. The molecule has 2 aromatic heterocycles. The molecule has 0 atom stereocenters. The highest BCUT2D eigenvalue weighted by Crippen LogP contribution is 2.64. The van der Waals surface area contributed by atoms with Gasteiger partial charge in [0.25, 0.3) is 0 Å². The molecule has 2 heteroatoms. The first-order valence-electron chi connectivity index (χ1n) is 18.0. The van der Waals surface area contributed by atoms with Crippen molar-refractivity contribution >= 4 is 43.6 Å². The van der Waals surface area contributed by atoms with Gasteiger partial charge in [0, 0.05) is 32.7 Å². The summed E-state index contributed by atoms with van der Waals surface area (Å²) < 4.78 is 6.51. The highest BCUT2D eigenvalue weighted by Gasteiger charge is 2.52. The van der Waals surface area contributed by atoms with E-state index in [2.05, 4.69) is 164 Å². The fourth-order valence-electron chi connectivity index (χ4n) is 9.65. The van der Waals surface area contributed by atoms with E-state index >= 15 is 0 Å². The summed E-state index contributed by atoms with van der Waals surface area (Å²) in [6.07, 6.45) is 0. The van der Waals surface area contributed by atoms with Gasteiger partial charge in [-0.2, -0.15) is 0 Å². The lowest BCUT2D eigenvalue weighted by atomic mass is 9.70. The predicted molar refractivity (Wildman–Crippen MR) is 214 cm³/mol. The second-order valence-corrected chi connectivity index (χ2v) is 14.1. The molecule has 52 heavy (non-hydrogen) atoms. The van der Waals surface area contributed by atoms with Gasteiger partial charge in [0.1, 0.15) is 11.2 Å².